The van der Waals surface area contributed by atoms with E-state index in [-0.39, 0.29) is 11.2 Å². The van der Waals surface area contributed by atoms with Crippen molar-refractivity contribution in [1.29, 1.82) is 0 Å². The molecule has 0 bridgehead atoms. The zero-order valence-electron chi connectivity index (χ0n) is 17.0. The molecule has 146 valence electrons. The average Bonchev–Trinajstić information content (AvgIpc) is 2.95. The lowest BCUT2D eigenvalue weighted by molar-refractivity contribution is -0.131. The number of hydrogen-bond donors (Lipinski definition) is 0. The summed E-state index contributed by atoms with van der Waals surface area (Å²) in [5.41, 5.74) is 2.39. The van der Waals surface area contributed by atoms with Crippen LogP contribution in [0.4, 0.5) is 0 Å². The maximum Gasteiger partial charge on any atom is 0.235 e. The van der Waals surface area contributed by atoms with Gasteiger partial charge in [-0.2, -0.15) is 0 Å². The molecule has 0 spiro atoms. The van der Waals surface area contributed by atoms with E-state index >= 15 is 0 Å². The third kappa shape index (κ3) is 4.29. The Morgan fingerprint density at radius 2 is 1.65 bits per heavy atom. The van der Waals surface area contributed by atoms with Crippen molar-refractivity contribution in [2.45, 2.75) is 107 Å². The first-order chi connectivity index (χ1) is 12.5. The second kappa shape index (κ2) is 8.81. The van der Waals surface area contributed by atoms with Gasteiger partial charge in [0.25, 0.3) is 0 Å². The monoisotopic (exact) mass is 377 g/mol. The predicted molar refractivity (Wildman–Crippen MR) is 109 cm³/mol. The summed E-state index contributed by atoms with van der Waals surface area (Å²) < 4.78 is 2.43. The molecule has 0 saturated heterocycles. The van der Waals surface area contributed by atoms with Crippen molar-refractivity contribution in [2.75, 3.05) is 7.05 Å². The minimum Gasteiger partial charge on any atom is -0.342 e. The number of carbonyl (C=O) groups is 1. The lowest BCUT2D eigenvalue weighted by atomic mass is 9.94. The van der Waals surface area contributed by atoms with Gasteiger partial charge in [-0.15, -0.1) is 0 Å². The Hall–Kier alpha value is -0.970. The van der Waals surface area contributed by atoms with E-state index in [2.05, 4.69) is 25.3 Å². The molecule has 5 heteroatoms. The van der Waals surface area contributed by atoms with Gasteiger partial charge in [-0.25, -0.2) is 4.98 Å². The number of amides is 1. The topological polar surface area (TPSA) is 38.1 Å². The number of aryl methyl sites for hydroxylation is 1. The number of hydrogen-bond acceptors (Lipinski definition) is 3. The zero-order valence-corrected chi connectivity index (χ0v) is 17.8. The van der Waals surface area contributed by atoms with E-state index in [0.29, 0.717) is 12.1 Å². The Kier molecular flexibility index (Phi) is 6.70. The molecular formula is C21H35N3OS. The largest absolute Gasteiger partial charge is 0.342 e. The first-order valence-corrected chi connectivity index (χ1v) is 11.4. The molecule has 1 unspecified atom stereocenters. The van der Waals surface area contributed by atoms with Crippen molar-refractivity contribution < 1.29 is 4.79 Å². The standard InChI is InChI=1S/C21H35N3OS/c1-15-16(2)24(19-13-9-6-10-14-19)21(22-15)26-17(3)20(25)23(4)18-11-7-5-8-12-18/h17-19H,5-14H2,1-4H3. The van der Waals surface area contributed by atoms with Gasteiger partial charge >= 0.3 is 0 Å². The molecule has 1 atom stereocenters. The smallest absolute Gasteiger partial charge is 0.235 e. The van der Waals surface area contributed by atoms with Crippen molar-refractivity contribution >= 4 is 17.7 Å². The third-order valence-electron chi connectivity index (χ3n) is 6.39. The number of nitrogens with zero attached hydrogens (tertiary/aromatic N) is 3. The van der Waals surface area contributed by atoms with Crippen LogP contribution < -0.4 is 0 Å². The highest BCUT2D eigenvalue weighted by Crippen LogP contribution is 2.36. The van der Waals surface area contributed by atoms with Gasteiger partial charge in [0.15, 0.2) is 5.16 Å². The molecule has 0 radical (unpaired) electrons. The molecule has 2 fully saturated rings. The number of aromatic nitrogens is 2. The Morgan fingerprint density at radius 1 is 1.08 bits per heavy atom. The maximum atomic E-state index is 13.0. The van der Waals surface area contributed by atoms with E-state index in [1.54, 1.807) is 11.8 Å². The molecule has 0 N–H and O–H groups in total. The number of thioether (sulfide) groups is 1. The van der Waals surface area contributed by atoms with Crippen LogP contribution in [0.2, 0.25) is 0 Å². The molecule has 2 aliphatic carbocycles. The van der Waals surface area contributed by atoms with Crippen LogP contribution in [0, 0.1) is 13.8 Å². The van der Waals surface area contributed by atoms with Crippen LogP contribution >= 0.6 is 11.8 Å². The quantitative estimate of drug-likeness (QED) is 0.656. The Bertz CT molecular complexity index is 615. The molecule has 1 aromatic rings. The summed E-state index contributed by atoms with van der Waals surface area (Å²) >= 11 is 1.66. The van der Waals surface area contributed by atoms with Gasteiger partial charge in [-0.05, 0) is 46.5 Å². The van der Waals surface area contributed by atoms with Crippen LogP contribution in [-0.2, 0) is 4.79 Å². The van der Waals surface area contributed by atoms with Crippen molar-refractivity contribution in [1.82, 2.24) is 14.5 Å². The summed E-state index contributed by atoms with van der Waals surface area (Å²) in [6.45, 7) is 6.33. The van der Waals surface area contributed by atoms with Crippen LogP contribution in [-0.4, -0.2) is 38.7 Å². The highest BCUT2D eigenvalue weighted by molar-refractivity contribution is 8.00. The van der Waals surface area contributed by atoms with E-state index < -0.39 is 0 Å². The molecule has 0 aliphatic heterocycles. The second-order valence-electron chi connectivity index (χ2n) is 8.23. The molecule has 4 nitrogen and oxygen atoms in total. The first-order valence-electron chi connectivity index (χ1n) is 10.5. The lowest BCUT2D eigenvalue weighted by Gasteiger charge is -2.33. The minimum absolute atomic E-state index is 0.0783. The maximum absolute atomic E-state index is 13.0. The van der Waals surface area contributed by atoms with Crippen molar-refractivity contribution in [2.24, 2.45) is 0 Å². The van der Waals surface area contributed by atoms with Crippen LogP contribution in [0.1, 0.15) is 88.6 Å². The van der Waals surface area contributed by atoms with Crippen molar-refractivity contribution in [3.8, 4) is 0 Å². The van der Waals surface area contributed by atoms with Gasteiger partial charge in [-0.3, -0.25) is 4.79 Å². The molecule has 26 heavy (non-hydrogen) atoms. The summed E-state index contributed by atoms with van der Waals surface area (Å²) in [5.74, 6) is 0.260. The van der Waals surface area contributed by atoms with E-state index in [0.717, 1.165) is 23.7 Å². The number of carbonyl (C=O) groups excluding carboxylic acids is 1. The molecule has 2 saturated carbocycles. The molecular weight excluding hydrogens is 342 g/mol. The fraction of sp³-hybridized carbons (Fsp3) is 0.810. The fourth-order valence-corrected chi connectivity index (χ4v) is 5.76. The average molecular weight is 378 g/mol. The van der Waals surface area contributed by atoms with Gasteiger partial charge in [0.05, 0.1) is 10.9 Å². The Labute approximate surface area is 163 Å². The third-order valence-corrected chi connectivity index (χ3v) is 7.45. The normalized spacial score (nSPS) is 20.9. The van der Waals surface area contributed by atoms with E-state index in [4.69, 9.17) is 4.98 Å². The van der Waals surface area contributed by atoms with Gasteiger partial charge in [-0.1, -0.05) is 50.3 Å². The molecule has 1 aromatic heterocycles. The van der Waals surface area contributed by atoms with Gasteiger partial charge in [0, 0.05) is 24.8 Å². The summed E-state index contributed by atoms with van der Waals surface area (Å²) in [6.07, 6.45) is 12.6. The minimum atomic E-state index is -0.0783. The SMILES string of the molecule is Cc1nc(SC(C)C(=O)N(C)C2CCCCC2)n(C2CCCCC2)c1C. The lowest BCUT2D eigenvalue weighted by Crippen LogP contribution is -2.42. The van der Waals surface area contributed by atoms with E-state index in [1.165, 1.54) is 57.1 Å². The van der Waals surface area contributed by atoms with Crippen LogP contribution in [0.3, 0.4) is 0 Å². The summed E-state index contributed by atoms with van der Waals surface area (Å²) in [6, 6.07) is 0.992. The zero-order chi connectivity index (χ0) is 18.7. The first kappa shape index (κ1) is 19.8. The van der Waals surface area contributed by atoms with Crippen LogP contribution in [0.5, 0.6) is 0 Å². The fourth-order valence-electron chi connectivity index (χ4n) is 4.59. The highest BCUT2D eigenvalue weighted by atomic mass is 32.2. The van der Waals surface area contributed by atoms with Crippen LogP contribution in [0.25, 0.3) is 0 Å². The summed E-state index contributed by atoms with van der Waals surface area (Å²) in [4.78, 5) is 19.8. The van der Waals surface area contributed by atoms with Crippen molar-refractivity contribution in [3.05, 3.63) is 11.4 Å². The molecule has 1 amide bonds. The van der Waals surface area contributed by atoms with Gasteiger partial charge in [0.1, 0.15) is 0 Å². The molecule has 2 aliphatic rings. The molecule has 1 heterocycles. The predicted octanol–water partition coefficient (Wildman–Crippen LogP) is 5.28. The second-order valence-corrected chi connectivity index (χ2v) is 9.54. The Balaban J connectivity index is 1.71. The summed E-state index contributed by atoms with van der Waals surface area (Å²) in [5, 5.41) is 0.968. The van der Waals surface area contributed by atoms with Crippen LogP contribution in [0.15, 0.2) is 5.16 Å². The van der Waals surface area contributed by atoms with E-state index in [9.17, 15) is 4.79 Å². The molecule has 0 aromatic carbocycles. The summed E-state index contributed by atoms with van der Waals surface area (Å²) in [7, 11) is 2.00. The highest BCUT2D eigenvalue weighted by Gasteiger charge is 2.29. The molecule has 3 rings (SSSR count). The number of imidazole rings is 1. The van der Waals surface area contributed by atoms with Crippen molar-refractivity contribution in [3.63, 3.8) is 0 Å². The number of rotatable bonds is 5. The Morgan fingerprint density at radius 3 is 2.27 bits per heavy atom. The van der Waals surface area contributed by atoms with Gasteiger partial charge in [0.2, 0.25) is 5.91 Å². The van der Waals surface area contributed by atoms with E-state index in [1.807, 2.05) is 11.9 Å². The van der Waals surface area contributed by atoms with Gasteiger partial charge < -0.3 is 9.47 Å².